The lowest BCUT2D eigenvalue weighted by Crippen LogP contribution is -2.39. The molecule has 1 saturated heterocycles. The number of nitrogens with zero attached hydrogens (tertiary/aromatic N) is 1. The lowest BCUT2D eigenvalue weighted by Gasteiger charge is -2.21. The van der Waals surface area contributed by atoms with E-state index >= 15 is 0 Å². The molecule has 23 heavy (non-hydrogen) atoms. The lowest BCUT2D eigenvalue weighted by atomic mass is 10.1. The molecule has 0 bridgehead atoms. The zero-order valence-corrected chi connectivity index (χ0v) is 14.1. The summed E-state index contributed by atoms with van der Waals surface area (Å²) in [6.07, 6.45) is 1.81. The van der Waals surface area contributed by atoms with Gasteiger partial charge in [0.15, 0.2) is 0 Å². The molecule has 0 radical (unpaired) electrons. The molecule has 0 unspecified atom stereocenters. The van der Waals surface area contributed by atoms with Crippen molar-refractivity contribution < 1.29 is 4.79 Å². The summed E-state index contributed by atoms with van der Waals surface area (Å²) in [7, 11) is 0. The SMILES string of the molecule is C[C@H]1C[C@H](NCCc2ccccc2)C(=O)N1c1ccccc1.Cl. The first-order valence-corrected chi connectivity index (χ1v) is 7.91. The van der Waals surface area contributed by atoms with E-state index < -0.39 is 0 Å². The Hall–Kier alpha value is -1.84. The van der Waals surface area contributed by atoms with Crippen LogP contribution in [-0.2, 0) is 11.2 Å². The van der Waals surface area contributed by atoms with Crippen LogP contribution in [0.25, 0.3) is 0 Å². The quantitative estimate of drug-likeness (QED) is 0.911. The average molecular weight is 331 g/mol. The smallest absolute Gasteiger partial charge is 0.244 e. The molecule has 1 aliphatic rings. The van der Waals surface area contributed by atoms with Gasteiger partial charge in [-0.05, 0) is 44.0 Å². The molecule has 1 N–H and O–H groups in total. The Balaban J connectivity index is 0.00000192. The molecule has 0 aliphatic carbocycles. The van der Waals surface area contributed by atoms with Crippen LogP contribution in [0.4, 0.5) is 5.69 Å². The monoisotopic (exact) mass is 330 g/mol. The van der Waals surface area contributed by atoms with Crippen molar-refractivity contribution in [3.05, 3.63) is 66.2 Å². The molecule has 1 aliphatic heterocycles. The van der Waals surface area contributed by atoms with Gasteiger partial charge < -0.3 is 10.2 Å². The Morgan fingerprint density at radius 2 is 1.65 bits per heavy atom. The predicted octanol–water partition coefficient (Wildman–Crippen LogP) is 3.43. The summed E-state index contributed by atoms with van der Waals surface area (Å²) in [5.41, 5.74) is 2.29. The van der Waals surface area contributed by atoms with Crippen LogP contribution in [0, 0.1) is 0 Å². The molecule has 2 aromatic rings. The largest absolute Gasteiger partial charge is 0.308 e. The number of nitrogens with one attached hydrogen (secondary N) is 1. The minimum Gasteiger partial charge on any atom is -0.308 e. The number of halogens is 1. The molecule has 3 nitrogen and oxygen atoms in total. The van der Waals surface area contributed by atoms with Gasteiger partial charge in [-0.2, -0.15) is 0 Å². The number of amides is 1. The van der Waals surface area contributed by atoms with Crippen molar-refractivity contribution in [2.45, 2.75) is 31.8 Å². The molecule has 1 fully saturated rings. The van der Waals surface area contributed by atoms with E-state index in [1.165, 1.54) is 5.56 Å². The van der Waals surface area contributed by atoms with Gasteiger partial charge in [-0.25, -0.2) is 0 Å². The summed E-state index contributed by atoms with van der Waals surface area (Å²) in [6, 6.07) is 20.5. The molecule has 0 spiro atoms. The standard InChI is InChI=1S/C19H22N2O.ClH/c1-15-14-18(20-13-12-16-8-4-2-5-9-16)19(22)21(15)17-10-6-3-7-11-17;/h2-11,15,18,20H,12-14H2,1H3;1H/t15-,18-;/m0./s1. The molecule has 3 rings (SSSR count). The van der Waals surface area contributed by atoms with E-state index in [2.05, 4.69) is 36.5 Å². The molecule has 2 aromatic carbocycles. The molecule has 1 amide bonds. The van der Waals surface area contributed by atoms with Crippen LogP contribution in [0.2, 0.25) is 0 Å². The second-order valence-corrected chi connectivity index (χ2v) is 5.87. The highest BCUT2D eigenvalue weighted by molar-refractivity contribution is 6.00. The van der Waals surface area contributed by atoms with Crippen molar-refractivity contribution in [2.75, 3.05) is 11.4 Å². The zero-order chi connectivity index (χ0) is 15.4. The first-order chi connectivity index (χ1) is 10.8. The maximum absolute atomic E-state index is 12.6. The van der Waals surface area contributed by atoms with E-state index in [9.17, 15) is 4.79 Å². The number of benzene rings is 2. The number of anilines is 1. The van der Waals surface area contributed by atoms with Crippen molar-refractivity contribution >= 4 is 24.0 Å². The molecule has 2 atom stereocenters. The van der Waals surface area contributed by atoms with E-state index in [1.807, 2.05) is 41.3 Å². The van der Waals surface area contributed by atoms with Crippen LogP contribution in [0.1, 0.15) is 18.9 Å². The van der Waals surface area contributed by atoms with E-state index in [0.29, 0.717) is 0 Å². The summed E-state index contributed by atoms with van der Waals surface area (Å²) in [5.74, 6) is 0.187. The second-order valence-electron chi connectivity index (χ2n) is 5.87. The molecular formula is C19H23ClN2O. The Morgan fingerprint density at radius 3 is 2.30 bits per heavy atom. The molecule has 0 saturated carbocycles. The van der Waals surface area contributed by atoms with Gasteiger partial charge in [-0.15, -0.1) is 12.4 Å². The van der Waals surface area contributed by atoms with Crippen molar-refractivity contribution in [3.63, 3.8) is 0 Å². The summed E-state index contributed by atoms with van der Waals surface area (Å²) < 4.78 is 0. The molecular weight excluding hydrogens is 308 g/mol. The number of para-hydroxylation sites is 1. The van der Waals surface area contributed by atoms with Crippen LogP contribution in [-0.4, -0.2) is 24.5 Å². The normalized spacial score (nSPS) is 20.4. The summed E-state index contributed by atoms with van der Waals surface area (Å²) in [5, 5.41) is 3.42. The maximum atomic E-state index is 12.6. The van der Waals surface area contributed by atoms with E-state index in [4.69, 9.17) is 0 Å². The van der Waals surface area contributed by atoms with Gasteiger partial charge in [0.25, 0.3) is 0 Å². The lowest BCUT2D eigenvalue weighted by molar-refractivity contribution is -0.118. The number of carbonyl (C=O) groups excluding carboxylic acids is 1. The van der Waals surface area contributed by atoms with E-state index in [0.717, 1.165) is 25.1 Å². The third kappa shape index (κ3) is 4.12. The first-order valence-electron chi connectivity index (χ1n) is 7.91. The Bertz CT molecular complexity index is 618. The van der Waals surface area contributed by atoms with Gasteiger partial charge in [-0.3, -0.25) is 4.79 Å². The highest BCUT2D eigenvalue weighted by atomic mass is 35.5. The van der Waals surface area contributed by atoms with Gasteiger partial charge in [-0.1, -0.05) is 48.5 Å². The van der Waals surface area contributed by atoms with Crippen LogP contribution in [0.5, 0.6) is 0 Å². The topological polar surface area (TPSA) is 32.3 Å². The summed E-state index contributed by atoms with van der Waals surface area (Å²) in [6.45, 7) is 2.94. The fourth-order valence-corrected chi connectivity index (χ4v) is 3.11. The predicted molar refractivity (Wildman–Crippen MR) is 97.2 cm³/mol. The number of carbonyl (C=O) groups is 1. The van der Waals surface area contributed by atoms with Crippen LogP contribution in [0.15, 0.2) is 60.7 Å². The van der Waals surface area contributed by atoms with E-state index in [1.54, 1.807) is 0 Å². The summed E-state index contributed by atoms with van der Waals surface area (Å²) >= 11 is 0. The van der Waals surface area contributed by atoms with E-state index in [-0.39, 0.29) is 30.4 Å². The highest BCUT2D eigenvalue weighted by Gasteiger charge is 2.37. The maximum Gasteiger partial charge on any atom is 0.244 e. The second kappa shape index (κ2) is 8.14. The van der Waals surface area contributed by atoms with Crippen LogP contribution in [0.3, 0.4) is 0 Å². The third-order valence-electron chi connectivity index (χ3n) is 4.23. The summed E-state index contributed by atoms with van der Waals surface area (Å²) in [4.78, 5) is 14.5. The number of hydrogen-bond donors (Lipinski definition) is 1. The van der Waals surface area contributed by atoms with Gasteiger partial charge in [0.05, 0.1) is 6.04 Å². The highest BCUT2D eigenvalue weighted by Crippen LogP contribution is 2.26. The third-order valence-corrected chi connectivity index (χ3v) is 4.23. The number of rotatable bonds is 5. The fraction of sp³-hybridized carbons (Fsp3) is 0.316. The Labute approximate surface area is 144 Å². The molecule has 1 heterocycles. The first kappa shape index (κ1) is 17.5. The van der Waals surface area contributed by atoms with Gasteiger partial charge in [0.1, 0.15) is 0 Å². The van der Waals surface area contributed by atoms with Crippen molar-refractivity contribution in [1.82, 2.24) is 5.32 Å². The molecule has 0 aromatic heterocycles. The van der Waals surface area contributed by atoms with Crippen molar-refractivity contribution in [2.24, 2.45) is 0 Å². The van der Waals surface area contributed by atoms with Crippen molar-refractivity contribution in [3.8, 4) is 0 Å². The minimum atomic E-state index is -0.0704. The van der Waals surface area contributed by atoms with Crippen molar-refractivity contribution in [1.29, 1.82) is 0 Å². The molecule has 122 valence electrons. The van der Waals surface area contributed by atoms with Gasteiger partial charge >= 0.3 is 0 Å². The minimum absolute atomic E-state index is 0. The van der Waals surface area contributed by atoms with Crippen LogP contribution >= 0.6 is 12.4 Å². The molecule has 4 heteroatoms. The van der Waals surface area contributed by atoms with Gasteiger partial charge in [0, 0.05) is 11.7 Å². The number of hydrogen-bond acceptors (Lipinski definition) is 2. The Morgan fingerprint density at radius 1 is 1.04 bits per heavy atom. The Kier molecular flexibility index (Phi) is 6.20. The zero-order valence-electron chi connectivity index (χ0n) is 13.3. The van der Waals surface area contributed by atoms with Gasteiger partial charge in [0.2, 0.25) is 5.91 Å². The fourth-order valence-electron chi connectivity index (χ4n) is 3.11. The van der Waals surface area contributed by atoms with Crippen LogP contribution < -0.4 is 10.2 Å². The average Bonchev–Trinajstić information content (AvgIpc) is 2.83.